The van der Waals surface area contributed by atoms with Gasteiger partial charge in [0.15, 0.2) is 0 Å². The van der Waals surface area contributed by atoms with Crippen LogP contribution >= 0.6 is 11.6 Å². The maximum Gasteiger partial charge on any atom is 0.263 e. The molecule has 0 aliphatic carbocycles. The first kappa shape index (κ1) is 18.8. The van der Waals surface area contributed by atoms with E-state index in [1.807, 2.05) is 37.3 Å². The first-order valence-electron chi connectivity index (χ1n) is 9.03. The van der Waals surface area contributed by atoms with Crippen LogP contribution in [0.4, 0.5) is 11.5 Å². The third-order valence-electron chi connectivity index (χ3n) is 4.74. The fourth-order valence-corrected chi connectivity index (χ4v) is 3.40. The molecule has 0 aliphatic rings. The Bertz CT molecular complexity index is 1230. The molecule has 0 radical (unpaired) electrons. The predicted octanol–water partition coefficient (Wildman–Crippen LogP) is 5.13. The molecule has 3 N–H and O–H groups in total. The quantitative estimate of drug-likeness (QED) is 0.498. The minimum atomic E-state index is -0.370. The topological polar surface area (TPSA) is 77.1 Å². The zero-order chi connectivity index (χ0) is 20.5. The van der Waals surface area contributed by atoms with Crippen LogP contribution in [0.25, 0.3) is 10.9 Å². The number of aryl methyl sites for hydroxylation is 1. The van der Waals surface area contributed by atoms with E-state index in [1.165, 1.54) is 4.57 Å². The van der Waals surface area contributed by atoms with Gasteiger partial charge in [0.1, 0.15) is 5.82 Å². The molecule has 4 rings (SSSR count). The number of nitrogens with one attached hydrogen (secondary N) is 1. The Morgan fingerprint density at radius 1 is 0.931 bits per heavy atom. The molecule has 5 nitrogen and oxygen atoms in total. The molecule has 0 fully saturated rings. The van der Waals surface area contributed by atoms with Crippen LogP contribution < -0.4 is 11.1 Å². The molecular formula is C23H18ClN3O2. The Morgan fingerprint density at radius 3 is 2.28 bits per heavy atom. The molecule has 4 aromatic rings. The number of benzene rings is 3. The summed E-state index contributed by atoms with van der Waals surface area (Å²) in [6, 6.07) is 21.2. The number of hydrogen-bond donors (Lipinski definition) is 2. The van der Waals surface area contributed by atoms with Crippen LogP contribution in [-0.4, -0.2) is 16.4 Å². The zero-order valence-corrected chi connectivity index (χ0v) is 16.4. The number of carbonyl (C=O) groups is 2. The van der Waals surface area contributed by atoms with E-state index in [4.69, 9.17) is 17.3 Å². The largest absolute Gasteiger partial charge is 0.384 e. The van der Waals surface area contributed by atoms with E-state index in [2.05, 4.69) is 5.32 Å². The van der Waals surface area contributed by atoms with Crippen molar-refractivity contribution in [2.45, 2.75) is 6.92 Å². The van der Waals surface area contributed by atoms with Gasteiger partial charge in [-0.3, -0.25) is 14.2 Å². The number of aromatic nitrogens is 1. The van der Waals surface area contributed by atoms with Crippen LogP contribution in [0.2, 0.25) is 5.02 Å². The Kier molecular flexibility index (Phi) is 4.82. The second-order valence-electron chi connectivity index (χ2n) is 6.74. The molecular weight excluding hydrogens is 386 g/mol. The molecule has 0 saturated heterocycles. The van der Waals surface area contributed by atoms with Gasteiger partial charge in [-0.15, -0.1) is 0 Å². The van der Waals surface area contributed by atoms with Crippen molar-refractivity contribution in [2.75, 3.05) is 11.1 Å². The van der Waals surface area contributed by atoms with Crippen LogP contribution in [0.1, 0.15) is 26.3 Å². The van der Waals surface area contributed by atoms with E-state index in [0.717, 1.165) is 5.56 Å². The number of nitrogen functional groups attached to an aromatic ring is 1. The second-order valence-corrected chi connectivity index (χ2v) is 7.18. The fourth-order valence-electron chi connectivity index (χ4n) is 3.27. The van der Waals surface area contributed by atoms with Crippen molar-refractivity contribution in [1.82, 2.24) is 4.57 Å². The zero-order valence-electron chi connectivity index (χ0n) is 15.6. The second kappa shape index (κ2) is 7.45. The molecule has 0 saturated carbocycles. The number of nitrogens with two attached hydrogens (primary N) is 1. The minimum Gasteiger partial charge on any atom is -0.384 e. The molecule has 0 unspecified atom stereocenters. The average molecular weight is 404 g/mol. The lowest BCUT2D eigenvalue weighted by atomic mass is 10.1. The van der Waals surface area contributed by atoms with E-state index in [0.29, 0.717) is 27.2 Å². The maximum atomic E-state index is 13.1. The molecule has 1 aromatic heterocycles. The van der Waals surface area contributed by atoms with Crippen LogP contribution in [0, 0.1) is 6.92 Å². The molecule has 0 bridgehead atoms. The summed E-state index contributed by atoms with van der Waals surface area (Å²) < 4.78 is 1.36. The minimum absolute atomic E-state index is 0.0933. The van der Waals surface area contributed by atoms with Gasteiger partial charge in [0, 0.05) is 21.7 Å². The van der Waals surface area contributed by atoms with Gasteiger partial charge < -0.3 is 11.1 Å². The molecule has 1 amide bonds. The maximum absolute atomic E-state index is 13.1. The molecule has 3 aromatic carbocycles. The van der Waals surface area contributed by atoms with Crippen LogP contribution in [0.15, 0.2) is 72.8 Å². The highest BCUT2D eigenvalue weighted by Gasteiger charge is 2.24. The number of rotatable bonds is 3. The van der Waals surface area contributed by atoms with E-state index in [1.54, 1.807) is 42.5 Å². The molecule has 0 atom stereocenters. The van der Waals surface area contributed by atoms with E-state index in [9.17, 15) is 9.59 Å². The lowest BCUT2D eigenvalue weighted by Gasteiger charge is -2.08. The van der Waals surface area contributed by atoms with Gasteiger partial charge in [-0.2, -0.15) is 0 Å². The number of amides is 1. The Balaban J connectivity index is 1.80. The van der Waals surface area contributed by atoms with Gasteiger partial charge >= 0.3 is 0 Å². The van der Waals surface area contributed by atoms with Gasteiger partial charge in [0.2, 0.25) is 0 Å². The summed E-state index contributed by atoms with van der Waals surface area (Å²) >= 11 is 5.93. The summed E-state index contributed by atoms with van der Waals surface area (Å²) in [5, 5.41) is 4.00. The van der Waals surface area contributed by atoms with Crippen molar-refractivity contribution >= 4 is 45.8 Å². The summed E-state index contributed by atoms with van der Waals surface area (Å²) in [6.07, 6.45) is 0. The van der Waals surface area contributed by atoms with Crippen molar-refractivity contribution in [3.05, 3.63) is 94.5 Å². The van der Waals surface area contributed by atoms with E-state index < -0.39 is 0 Å². The number of nitrogens with zero attached hydrogens (tertiary/aromatic N) is 1. The Labute approximate surface area is 172 Å². The summed E-state index contributed by atoms with van der Waals surface area (Å²) in [7, 11) is 0. The number of anilines is 2. The van der Waals surface area contributed by atoms with Crippen molar-refractivity contribution < 1.29 is 9.59 Å². The average Bonchev–Trinajstić information content (AvgIpc) is 3.01. The highest BCUT2D eigenvalue weighted by molar-refractivity contribution is 6.30. The van der Waals surface area contributed by atoms with Gasteiger partial charge in [-0.05, 0) is 49.4 Å². The summed E-state index contributed by atoms with van der Waals surface area (Å²) in [6.45, 7) is 1.97. The molecule has 6 heteroatoms. The highest BCUT2D eigenvalue weighted by atomic mass is 35.5. The first-order valence-corrected chi connectivity index (χ1v) is 9.40. The number of carbonyl (C=O) groups excluding carboxylic acids is 2. The van der Waals surface area contributed by atoms with Crippen molar-refractivity contribution in [2.24, 2.45) is 0 Å². The Morgan fingerprint density at radius 2 is 1.59 bits per heavy atom. The highest BCUT2D eigenvalue weighted by Crippen LogP contribution is 2.30. The van der Waals surface area contributed by atoms with Gasteiger partial charge in [0.25, 0.3) is 11.8 Å². The third kappa shape index (κ3) is 3.48. The van der Waals surface area contributed by atoms with Gasteiger partial charge in [-0.1, -0.05) is 47.5 Å². The normalized spacial score (nSPS) is 10.8. The lowest BCUT2D eigenvalue weighted by Crippen LogP contribution is -2.17. The fraction of sp³-hybridized carbons (Fsp3) is 0.0435. The molecule has 29 heavy (non-hydrogen) atoms. The smallest absolute Gasteiger partial charge is 0.263 e. The number of halogens is 1. The van der Waals surface area contributed by atoms with E-state index >= 15 is 0 Å². The van der Waals surface area contributed by atoms with Crippen molar-refractivity contribution in [1.29, 1.82) is 0 Å². The summed E-state index contributed by atoms with van der Waals surface area (Å²) in [4.78, 5) is 26.2. The summed E-state index contributed by atoms with van der Waals surface area (Å²) in [5.74, 6) is -0.606. The van der Waals surface area contributed by atoms with E-state index in [-0.39, 0.29) is 23.2 Å². The van der Waals surface area contributed by atoms with Gasteiger partial charge in [0.05, 0.1) is 11.1 Å². The molecule has 144 valence electrons. The molecule has 0 spiro atoms. The van der Waals surface area contributed by atoms with Gasteiger partial charge in [-0.25, -0.2) is 0 Å². The van der Waals surface area contributed by atoms with Crippen molar-refractivity contribution in [3.8, 4) is 0 Å². The van der Waals surface area contributed by atoms with Crippen molar-refractivity contribution in [3.63, 3.8) is 0 Å². The predicted molar refractivity (Wildman–Crippen MR) is 117 cm³/mol. The van der Waals surface area contributed by atoms with Crippen LogP contribution in [0.3, 0.4) is 0 Å². The van der Waals surface area contributed by atoms with Crippen LogP contribution in [0.5, 0.6) is 0 Å². The lowest BCUT2D eigenvalue weighted by molar-refractivity contribution is 0.0967. The first-order chi connectivity index (χ1) is 14.0. The number of fused-ring (bicyclic) bond motifs is 1. The third-order valence-corrected chi connectivity index (χ3v) is 4.99. The molecule has 1 heterocycles. The SMILES string of the molecule is Cc1ccc(NC(=O)c2c(N)n(C(=O)c3ccc(Cl)cc3)c3ccccc23)cc1. The van der Waals surface area contributed by atoms with Crippen LogP contribution in [-0.2, 0) is 0 Å². The standard InChI is InChI=1S/C23H18ClN3O2/c1-14-6-12-17(13-7-14)26-22(28)20-18-4-2-3-5-19(18)27(21(20)25)23(29)15-8-10-16(24)11-9-15/h2-13H,25H2,1H3,(H,26,28). The monoisotopic (exact) mass is 403 g/mol. The molecule has 0 aliphatic heterocycles. The Hall–Kier alpha value is -3.57. The number of hydrogen-bond acceptors (Lipinski definition) is 3. The number of para-hydroxylation sites is 1. The summed E-state index contributed by atoms with van der Waals surface area (Å²) in [5.41, 5.74) is 9.32.